The summed E-state index contributed by atoms with van der Waals surface area (Å²) in [7, 11) is 0. The summed E-state index contributed by atoms with van der Waals surface area (Å²) in [5, 5.41) is 19.4. The number of aryl methyl sites for hydroxylation is 1. The monoisotopic (exact) mass is 265 g/mol. The van der Waals surface area contributed by atoms with Crippen molar-refractivity contribution in [2.75, 3.05) is 6.54 Å². The highest BCUT2D eigenvalue weighted by atomic mass is 16.4. The van der Waals surface area contributed by atoms with Crippen molar-refractivity contribution in [1.29, 1.82) is 0 Å². The molecule has 106 valence electrons. The molecule has 19 heavy (non-hydrogen) atoms. The van der Waals surface area contributed by atoms with Gasteiger partial charge in [-0.25, -0.2) is 0 Å². The van der Waals surface area contributed by atoms with Crippen molar-refractivity contribution in [1.82, 2.24) is 0 Å². The van der Waals surface area contributed by atoms with Gasteiger partial charge in [0.1, 0.15) is 5.41 Å². The minimum absolute atomic E-state index is 0.0157. The lowest BCUT2D eigenvalue weighted by atomic mass is 9.74. The van der Waals surface area contributed by atoms with E-state index >= 15 is 0 Å². The van der Waals surface area contributed by atoms with Crippen LogP contribution in [0.1, 0.15) is 37.8 Å². The summed E-state index contributed by atoms with van der Waals surface area (Å²) in [5.41, 5.74) is 5.42. The van der Waals surface area contributed by atoms with Crippen LogP contribution in [-0.2, 0) is 10.2 Å². The first-order chi connectivity index (χ1) is 8.71. The van der Waals surface area contributed by atoms with E-state index in [-0.39, 0.29) is 6.54 Å². The third kappa shape index (κ3) is 3.78. The van der Waals surface area contributed by atoms with Gasteiger partial charge in [0.05, 0.1) is 5.60 Å². The van der Waals surface area contributed by atoms with Crippen LogP contribution in [0, 0.1) is 6.92 Å². The Balaban J connectivity index is 3.16. The molecule has 0 saturated carbocycles. The Kier molecular flexibility index (Phi) is 4.71. The van der Waals surface area contributed by atoms with Crippen LogP contribution in [0.25, 0.3) is 0 Å². The van der Waals surface area contributed by atoms with E-state index in [2.05, 4.69) is 0 Å². The normalized spacial score (nSPS) is 15.0. The molecule has 0 heterocycles. The molecule has 1 unspecified atom stereocenters. The van der Waals surface area contributed by atoms with Crippen molar-refractivity contribution >= 4 is 5.97 Å². The molecule has 0 bridgehead atoms. The predicted octanol–water partition coefficient (Wildman–Crippen LogP) is 1.83. The number of aliphatic hydroxyl groups is 1. The number of carboxylic acid groups (broad SMARTS) is 1. The summed E-state index contributed by atoms with van der Waals surface area (Å²) >= 11 is 0. The fourth-order valence-corrected chi connectivity index (χ4v) is 2.14. The first-order valence-corrected chi connectivity index (χ1v) is 6.44. The Labute approximate surface area is 114 Å². The van der Waals surface area contributed by atoms with Crippen LogP contribution in [0.5, 0.6) is 0 Å². The zero-order valence-corrected chi connectivity index (χ0v) is 11.8. The number of aliphatic carboxylic acids is 1. The summed E-state index contributed by atoms with van der Waals surface area (Å²) in [6.45, 7) is 5.28. The largest absolute Gasteiger partial charge is 0.481 e. The average Bonchev–Trinajstić information content (AvgIpc) is 2.28. The maximum absolute atomic E-state index is 11.7. The molecule has 4 heteroatoms. The van der Waals surface area contributed by atoms with Crippen molar-refractivity contribution in [3.05, 3.63) is 35.4 Å². The Morgan fingerprint density at radius 3 is 2.37 bits per heavy atom. The molecule has 0 aliphatic heterocycles. The lowest BCUT2D eigenvalue weighted by Crippen LogP contribution is -2.44. The summed E-state index contributed by atoms with van der Waals surface area (Å²) in [6.07, 6.45) is 0.691. The first-order valence-electron chi connectivity index (χ1n) is 6.44. The molecular weight excluding hydrogens is 242 g/mol. The van der Waals surface area contributed by atoms with Crippen LogP contribution in [0.4, 0.5) is 0 Å². The molecule has 4 nitrogen and oxygen atoms in total. The summed E-state index contributed by atoms with van der Waals surface area (Å²) in [5.74, 6) is -0.940. The third-order valence-electron chi connectivity index (χ3n) is 3.49. The topological polar surface area (TPSA) is 83.5 Å². The van der Waals surface area contributed by atoms with Crippen LogP contribution in [0.15, 0.2) is 24.3 Å². The minimum atomic E-state index is -1.13. The number of nitrogens with two attached hydrogens (primary N) is 1. The quantitative estimate of drug-likeness (QED) is 0.732. The number of rotatable bonds is 6. The third-order valence-corrected chi connectivity index (χ3v) is 3.49. The fourth-order valence-electron chi connectivity index (χ4n) is 2.14. The van der Waals surface area contributed by atoms with Crippen LogP contribution < -0.4 is 5.73 Å². The van der Waals surface area contributed by atoms with Gasteiger partial charge >= 0.3 is 5.97 Å². The smallest absolute Gasteiger partial charge is 0.315 e. The maximum Gasteiger partial charge on any atom is 0.315 e. The fraction of sp³-hybridized carbons (Fsp3) is 0.533. The molecule has 4 N–H and O–H groups in total. The van der Waals surface area contributed by atoms with E-state index in [1.54, 1.807) is 19.9 Å². The van der Waals surface area contributed by atoms with Crippen molar-refractivity contribution in [3.8, 4) is 0 Å². The van der Waals surface area contributed by atoms with Gasteiger partial charge in [-0.2, -0.15) is 0 Å². The number of hydrogen-bond acceptors (Lipinski definition) is 3. The number of carbonyl (C=O) groups is 1. The van der Waals surface area contributed by atoms with Crippen LogP contribution in [0.2, 0.25) is 0 Å². The van der Waals surface area contributed by atoms with Gasteiger partial charge in [0.15, 0.2) is 0 Å². The van der Waals surface area contributed by atoms with E-state index in [1.165, 1.54) is 0 Å². The summed E-state index contributed by atoms with van der Waals surface area (Å²) in [4.78, 5) is 11.7. The Hall–Kier alpha value is -1.39. The number of hydrogen-bond donors (Lipinski definition) is 3. The summed E-state index contributed by atoms with van der Waals surface area (Å²) in [6, 6.07) is 7.40. The number of carboxylic acids is 1. The van der Waals surface area contributed by atoms with Gasteiger partial charge < -0.3 is 15.9 Å². The molecule has 0 amide bonds. The number of benzene rings is 1. The zero-order chi connectivity index (χ0) is 14.7. The molecule has 1 aromatic rings. The van der Waals surface area contributed by atoms with Gasteiger partial charge in [-0.3, -0.25) is 4.79 Å². The second-order valence-electron chi connectivity index (χ2n) is 5.77. The van der Waals surface area contributed by atoms with Gasteiger partial charge in [-0.05, 0) is 39.2 Å². The lowest BCUT2D eigenvalue weighted by Gasteiger charge is -2.31. The Morgan fingerprint density at radius 1 is 1.32 bits per heavy atom. The average molecular weight is 265 g/mol. The molecule has 0 aromatic heterocycles. The SMILES string of the molecule is Cc1cccc(C(CN)(CCC(C)(C)O)C(=O)O)c1. The molecule has 1 atom stereocenters. The molecule has 0 spiro atoms. The molecule has 0 aliphatic carbocycles. The van der Waals surface area contributed by atoms with Gasteiger partial charge in [-0.15, -0.1) is 0 Å². The van der Waals surface area contributed by atoms with Crippen molar-refractivity contribution in [3.63, 3.8) is 0 Å². The zero-order valence-electron chi connectivity index (χ0n) is 11.8. The molecule has 0 radical (unpaired) electrons. The van der Waals surface area contributed by atoms with E-state index in [4.69, 9.17) is 5.73 Å². The second-order valence-corrected chi connectivity index (χ2v) is 5.77. The van der Waals surface area contributed by atoms with Crippen LogP contribution in [0.3, 0.4) is 0 Å². The highest BCUT2D eigenvalue weighted by molar-refractivity contribution is 5.81. The van der Waals surface area contributed by atoms with Gasteiger partial charge in [0.2, 0.25) is 0 Å². The Bertz CT molecular complexity index is 451. The molecule has 0 saturated heterocycles. The van der Waals surface area contributed by atoms with Gasteiger partial charge in [-0.1, -0.05) is 29.8 Å². The minimum Gasteiger partial charge on any atom is -0.481 e. The van der Waals surface area contributed by atoms with Crippen LogP contribution >= 0.6 is 0 Å². The van der Waals surface area contributed by atoms with E-state index in [9.17, 15) is 15.0 Å². The van der Waals surface area contributed by atoms with Crippen molar-refractivity contribution < 1.29 is 15.0 Å². The van der Waals surface area contributed by atoms with E-state index in [0.717, 1.165) is 5.56 Å². The van der Waals surface area contributed by atoms with Crippen LogP contribution in [-0.4, -0.2) is 28.3 Å². The lowest BCUT2D eigenvalue weighted by molar-refractivity contribution is -0.144. The highest BCUT2D eigenvalue weighted by Gasteiger charge is 2.40. The highest BCUT2D eigenvalue weighted by Crippen LogP contribution is 2.32. The van der Waals surface area contributed by atoms with E-state index in [0.29, 0.717) is 18.4 Å². The Morgan fingerprint density at radius 2 is 1.95 bits per heavy atom. The van der Waals surface area contributed by atoms with Crippen molar-refractivity contribution in [2.24, 2.45) is 5.73 Å². The molecular formula is C15H23NO3. The van der Waals surface area contributed by atoms with Gasteiger partial charge in [0.25, 0.3) is 0 Å². The summed E-state index contributed by atoms with van der Waals surface area (Å²) < 4.78 is 0. The van der Waals surface area contributed by atoms with E-state index < -0.39 is 17.0 Å². The van der Waals surface area contributed by atoms with Crippen molar-refractivity contribution in [2.45, 2.75) is 44.6 Å². The second kappa shape index (κ2) is 5.72. The maximum atomic E-state index is 11.7. The predicted molar refractivity (Wildman–Crippen MR) is 75.1 cm³/mol. The molecule has 1 aromatic carbocycles. The first kappa shape index (κ1) is 15.7. The molecule has 1 rings (SSSR count). The molecule has 0 fully saturated rings. The molecule has 0 aliphatic rings. The van der Waals surface area contributed by atoms with Gasteiger partial charge in [0, 0.05) is 6.54 Å². The standard InChI is InChI=1S/C15H23NO3/c1-11-5-4-6-12(9-11)15(10-16,13(17)18)8-7-14(2,3)19/h4-6,9,19H,7-8,10,16H2,1-3H3,(H,17,18). The van der Waals surface area contributed by atoms with E-state index in [1.807, 2.05) is 25.1 Å².